The van der Waals surface area contributed by atoms with Gasteiger partial charge < -0.3 is 19.3 Å². The Labute approximate surface area is 121 Å². The summed E-state index contributed by atoms with van der Waals surface area (Å²) in [4.78, 5) is 35.7. The molecular formula is C13H18N2O6. The number of amides is 1. The molecule has 0 bridgehead atoms. The summed E-state index contributed by atoms with van der Waals surface area (Å²) in [6, 6.07) is -1.52. The minimum Gasteiger partial charge on any atom is -0.464 e. The van der Waals surface area contributed by atoms with Crippen LogP contribution in [0.3, 0.4) is 0 Å². The van der Waals surface area contributed by atoms with Gasteiger partial charge in [-0.25, -0.2) is 9.59 Å². The third kappa shape index (κ3) is 4.04. The van der Waals surface area contributed by atoms with Crippen molar-refractivity contribution < 1.29 is 28.4 Å². The number of carbonyl (C=O) groups excluding carboxylic acids is 3. The highest BCUT2D eigenvalue weighted by molar-refractivity contribution is 6.06. The molecule has 0 unspecified atom stereocenters. The zero-order valence-corrected chi connectivity index (χ0v) is 12.4. The van der Waals surface area contributed by atoms with E-state index < -0.39 is 23.9 Å². The molecule has 0 atom stereocenters. The molecule has 116 valence electrons. The number of nitrogens with zero attached hydrogens (tertiary/aromatic N) is 1. The Morgan fingerprint density at radius 3 is 2.05 bits per heavy atom. The number of carbonyl (C=O) groups is 3. The summed E-state index contributed by atoms with van der Waals surface area (Å²) in [5.41, 5.74) is 0.532. The molecule has 1 heterocycles. The zero-order valence-electron chi connectivity index (χ0n) is 12.4. The predicted octanol–water partition coefficient (Wildman–Crippen LogP) is 0.516. The highest BCUT2D eigenvalue weighted by Crippen LogP contribution is 2.12. The van der Waals surface area contributed by atoms with Gasteiger partial charge in [-0.3, -0.25) is 4.79 Å². The van der Waals surface area contributed by atoms with E-state index in [4.69, 9.17) is 14.0 Å². The highest BCUT2D eigenvalue weighted by atomic mass is 16.6. The Kier molecular flexibility index (Phi) is 5.89. The first-order valence-electron chi connectivity index (χ1n) is 6.49. The van der Waals surface area contributed by atoms with Crippen LogP contribution in [0.15, 0.2) is 4.52 Å². The van der Waals surface area contributed by atoms with Crippen LogP contribution in [-0.4, -0.2) is 42.3 Å². The lowest BCUT2D eigenvalue weighted by Gasteiger charge is -2.15. The van der Waals surface area contributed by atoms with Crippen molar-refractivity contribution in [2.24, 2.45) is 0 Å². The molecule has 0 aliphatic heterocycles. The zero-order chi connectivity index (χ0) is 16.0. The van der Waals surface area contributed by atoms with E-state index >= 15 is 0 Å². The number of ether oxygens (including phenoxy) is 2. The van der Waals surface area contributed by atoms with Gasteiger partial charge in [-0.1, -0.05) is 5.16 Å². The fraction of sp³-hybridized carbons (Fsp3) is 0.538. The van der Waals surface area contributed by atoms with Crippen molar-refractivity contribution >= 4 is 17.8 Å². The summed E-state index contributed by atoms with van der Waals surface area (Å²) in [7, 11) is 0. The largest absolute Gasteiger partial charge is 0.464 e. The molecule has 0 aromatic carbocycles. The topological polar surface area (TPSA) is 108 Å². The van der Waals surface area contributed by atoms with Crippen molar-refractivity contribution in [2.75, 3.05) is 13.2 Å². The maximum Gasteiger partial charge on any atom is 0.340 e. The lowest BCUT2D eigenvalue weighted by molar-refractivity contribution is -0.157. The van der Waals surface area contributed by atoms with Gasteiger partial charge in [0, 0.05) is 0 Å². The summed E-state index contributed by atoms with van der Waals surface area (Å²) < 4.78 is 14.4. The average molecular weight is 298 g/mol. The molecule has 1 aromatic heterocycles. The van der Waals surface area contributed by atoms with Gasteiger partial charge in [-0.05, 0) is 27.7 Å². The van der Waals surface area contributed by atoms with E-state index in [2.05, 4.69) is 10.5 Å². The van der Waals surface area contributed by atoms with Crippen LogP contribution in [0.5, 0.6) is 0 Å². The molecule has 1 rings (SSSR count). The molecular weight excluding hydrogens is 280 g/mol. The first-order valence-corrected chi connectivity index (χ1v) is 6.49. The number of aryl methyl sites for hydroxylation is 2. The maximum atomic E-state index is 12.1. The molecule has 0 aliphatic carbocycles. The molecule has 0 fully saturated rings. The molecule has 0 radical (unpaired) electrons. The molecule has 1 N–H and O–H groups in total. The van der Waals surface area contributed by atoms with Crippen LogP contribution in [-0.2, 0) is 19.1 Å². The van der Waals surface area contributed by atoms with Gasteiger partial charge in [-0.15, -0.1) is 0 Å². The second-order valence-electron chi connectivity index (χ2n) is 4.11. The second-order valence-corrected chi connectivity index (χ2v) is 4.11. The fourth-order valence-electron chi connectivity index (χ4n) is 1.68. The van der Waals surface area contributed by atoms with Crippen molar-refractivity contribution in [3.63, 3.8) is 0 Å². The van der Waals surface area contributed by atoms with E-state index in [0.717, 1.165) is 0 Å². The maximum absolute atomic E-state index is 12.1. The quantitative estimate of drug-likeness (QED) is 0.602. The Bertz CT molecular complexity index is 499. The first-order chi connectivity index (χ1) is 9.92. The van der Waals surface area contributed by atoms with Crippen molar-refractivity contribution in [3.05, 3.63) is 17.0 Å². The fourth-order valence-corrected chi connectivity index (χ4v) is 1.68. The van der Waals surface area contributed by atoms with Crippen molar-refractivity contribution in [3.8, 4) is 0 Å². The second kappa shape index (κ2) is 7.41. The predicted molar refractivity (Wildman–Crippen MR) is 70.5 cm³/mol. The van der Waals surface area contributed by atoms with Crippen molar-refractivity contribution in [2.45, 2.75) is 33.7 Å². The molecule has 21 heavy (non-hydrogen) atoms. The molecule has 0 spiro atoms. The molecule has 0 saturated heterocycles. The smallest absolute Gasteiger partial charge is 0.340 e. The standard InChI is InChI=1S/C13H18N2O6/c1-5-19-12(17)10(13(18)20-6-2)14-11(16)9-7(3)15-21-8(9)4/h10H,5-6H2,1-4H3,(H,14,16). The van der Waals surface area contributed by atoms with Gasteiger partial charge in [0.25, 0.3) is 5.91 Å². The van der Waals surface area contributed by atoms with Gasteiger partial charge >= 0.3 is 11.9 Å². The monoisotopic (exact) mass is 298 g/mol. The first kappa shape index (κ1) is 16.7. The molecule has 8 heteroatoms. The van der Waals surface area contributed by atoms with E-state index in [9.17, 15) is 14.4 Å². The number of hydrogen-bond acceptors (Lipinski definition) is 7. The molecule has 1 amide bonds. The van der Waals surface area contributed by atoms with E-state index in [1.807, 2.05) is 0 Å². The number of rotatable bonds is 6. The Morgan fingerprint density at radius 1 is 1.14 bits per heavy atom. The van der Waals surface area contributed by atoms with Crippen LogP contribution < -0.4 is 5.32 Å². The third-order valence-corrected chi connectivity index (χ3v) is 2.58. The van der Waals surface area contributed by atoms with Gasteiger partial charge in [-0.2, -0.15) is 0 Å². The SMILES string of the molecule is CCOC(=O)C(NC(=O)c1c(C)noc1C)C(=O)OCC. The Hall–Kier alpha value is -2.38. The van der Waals surface area contributed by atoms with Crippen LogP contribution in [0.1, 0.15) is 35.7 Å². The van der Waals surface area contributed by atoms with Gasteiger partial charge in [0.1, 0.15) is 11.3 Å². The van der Waals surface area contributed by atoms with Crippen LogP contribution in [0.2, 0.25) is 0 Å². The summed E-state index contributed by atoms with van der Waals surface area (Å²) in [6.45, 7) is 6.48. The van der Waals surface area contributed by atoms with Gasteiger partial charge in [0.2, 0.25) is 6.04 Å². The summed E-state index contributed by atoms with van der Waals surface area (Å²) >= 11 is 0. The third-order valence-electron chi connectivity index (χ3n) is 2.58. The molecule has 1 aromatic rings. The van der Waals surface area contributed by atoms with Crippen LogP contribution in [0.25, 0.3) is 0 Å². The number of hydrogen-bond donors (Lipinski definition) is 1. The summed E-state index contributed by atoms with van der Waals surface area (Å²) in [6.07, 6.45) is 0. The highest BCUT2D eigenvalue weighted by Gasteiger charge is 2.33. The number of nitrogens with one attached hydrogen (secondary N) is 1. The Balaban J connectivity index is 2.93. The van der Waals surface area contributed by atoms with Crippen molar-refractivity contribution in [1.82, 2.24) is 10.5 Å². The minimum absolute atomic E-state index is 0.0793. The lowest BCUT2D eigenvalue weighted by atomic mass is 10.1. The molecule has 8 nitrogen and oxygen atoms in total. The summed E-state index contributed by atoms with van der Waals surface area (Å²) in [5, 5.41) is 5.92. The minimum atomic E-state index is -1.52. The van der Waals surface area contributed by atoms with Crippen LogP contribution in [0, 0.1) is 13.8 Å². The van der Waals surface area contributed by atoms with E-state index in [0.29, 0.717) is 5.69 Å². The average Bonchev–Trinajstić information content (AvgIpc) is 2.75. The van der Waals surface area contributed by atoms with E-state index in [1.165, 1.54) is 0 Å². The summed E-state index contributed by atoms with van der Waals surface area (Å²) in [5.74, 6) is -2.12. The normalized spacial score (nSPS) is 10.3. The van der Waals surface area contributed by atoms with Gasteiger partial charge in [0.15, 0.2) is 0 Å². The van der Waals surface area contributed by atoms with Gasteiger partial charge in [0.05, 0.1) is 18.9 Å². The van der Waals surface area contributed by atoms with E-state index in [1.54, 1.807) is 27.7 Å². The van der Waals surface area contributed by atoms with Crippen LogP contribution in [0.4, 0.5) is 0 Å². The van der Waals surface area contributed by atoms with E-state index in [-0.39, 0.29) is 24.5 Å². The molecule has 0 saturated carbocycles. The Morgan fingerprint density at radius 2 is 1.67 bits per heavy atom. The number of esters is 2. The van der Waals surface area contributed by atoms with Crippen LogP contribution >= 0.6 is 0 Å². The molecule has 0 aliphatic rings. The van der Waals surface area contributed by atoms with Crippen molar-refractivity contribution in [1.29, 1.82) is 0 Å². The number of aromatic nitrogens is 1. The lowest BCUT2D eigenvalue weighted by Crippen LogP contribution is -2.48.